The lowest BCUT2D eigenvalue weighted by atomic mass is 9.83. The van der Waals surface area contributed by atoms with Crippen LogP contribution in [0.15, 0.2) is 324 Å². The number of anilines is 6. The van der Waals surface area contributed by atoms with Gasteiger partial charge in [0.25, 0.3) is 0 Å². The minimum Gasteiger partial charge on any atom is -0.456 e. The van der Waals surface area contributed by atoms with Crippen LogP contribution in [0, 0.1) is 0 Å². The van der Waals surface area contributed by atoms with Gasteiger partial charge in [-0.1, -0.05) is 231 Å². The first-order valence-corrected chi connectivity index (χ1v) is 29.4. The van der Waals surface area contributed by atoms with Crippen LogP contribution in [0.25, 0.3) is 131 Å². The zero-order valence-corrected chi connectivity index (χ0v) is 46.7. The summed E-state index contributed by atoms with van der Waals surface area (Å²) in [5.74, 6) is 0. The van der Waals surface area contributed by atoms with Crippen LogP contribution in [0.2, 0.25) is 0 Å². The molecule has 0 aliphatic heterocycles. The van der Waals surface area contributed by atoms with Crippen LogP contribution in [0.1, 0.15) is 0 Å². The normalized spacial score (nSPS) is 11.7. The first kappa shape index (κ1) is 49.2. The van der Waals surface area contributed by atoms with Gasteiger partial charge in [-0.25, -0.2) is 0 Å². The molecule has 17 rings (SSSR count). The smallest absolute Gasteiger partial charge is 0.137 e. The highest BCUT2D eigenvalue weighted by Gasteiger charge is 2.26. The highest BCUT2D eigenvalue weighted by molar-refractivity contribution is 6.27. The molecule has 4 nitrogen and oxygen atoms in total. The van der Waals surface area contributed by atoms with Crippen molar-refractivity contribution in [3.8, 4) is 44.5 Å². The summed E-state index contributed by atoms with van der Waals surface area (Å²) < 4.78 is 13.3. The molecule has 15 aromatic carbocycles. The molecule has 402 valence electrons. The van der Waals surface area contributed by atoms with E-state index in [0.29, 0.717) is 0 Å². The number of para-hydroxylation sites is 2. The van der Waals surface area contributed by atoms with Crippen molar-refractivity contribution in [3.05, 3.63) is 315 Å². The number of fused-ring (bicyclic) bond motifs is 10. The molecule has 0 unspecified atom stereocenters. The topological polar surface area (TPSA) is 32.8 Å². The standard InChI is InChI=1S/C82H52N2O2/c1-3-19-53(20-4-1)55-39-43-59(44-40-55)83(73-33-17-37-77-81(73)69-29-11-13-35-75(69)85-77)61-47-49-67-71(51-61)79(65-31-15-25-57-23-7-9-27-63(57)65)68-50-48-62(52-72(68)80(67)66-32-16-26-58-24-8-10-28-64(58)66)84(60-45-41-56(42-46-60)54-21-5-2-6-22-54)74-34-18-38-78-82(74)70-30-12-14-36-76(70)86-78/h1-52H. The van der Waals surface area contributed by atoms with E-state index in [1.807, 2.05) is 12.1 Å². The lowest BCUT2D eigenvalue weighted by Gasteiger charge is -2.29. The summed E-state index contributed by atoms with van der Waals surface area (Å²) in [5.41, 5.74) is 18.9. The molecule has 17 aromatic rings. The van der Waals surface area contributed by atoms with Gasteiger partial charge in [0.2, 0.25) is 0 Å². The Bertz CT molecular complexity index is 5120. The van der Waals surface area contributed by atoms with Gasteiger partial charge in [-0.15, -0.1) is 0 Å². The SMILES string of the molecule is c1ccc(-c2ccc(N(c3ccc4c(-c5cccc6ccccc56)c5cc(N(c6ccc(-c7ccccc7)cc6)c6cccc7oc8ccccc8c67)ccc5c(-c5cccc6ccccc56)c4c3)c3cccc4oc5ccccc5c34)cc2)cc1. The minimum absolute atomic E-state index is 0.838. The Labute approximate surface area is 496 Å². The van der Waals surface area contributed by atoms with Gasteiger partial charge in [0, 0.05) is 33.5 Å². The third-order valence-electron chi connectivity index (χ3n) is 17.4. The Balaban J connectivity index is 0.981. The highest BCUT2D eigenvalue weighted by atomic mass is 16.3. The van der Waals surface area contributed by atoms with Gasteiger partial charge in [0.1, 0.15) is 22.3 Å². The third kappa shape index (κ3) is 8.07. The molecular weight excluding hydrogens is 1040 g/mol. The lowest BCUT2D eigenvalue weighted by molar-refractivity contribution is 0.668. The van der Waals surface area contributed by atoms with E-state index in [1.54, 1.807) is 0 Å². The van der Waals surface area contributed by atoms with Gasteiger partial charge in [0.05, 0.1) is 22.1 Å². The van der Waals surface area contributed by atoms with E-state index in [-0.39, 0.29) is 0 Å². The van der Waals surface area contributed by atoms with E-state index in [0.717, 1.165) is 133 Å². The van der Waals surface area contributed by atoms with Crippen molar-refractivity contribution in [1.29, 1.82) is 0 Å². The quantitative estimate of drug-likeness (QED) is 0.128. The average molecular weight is 1100 g/mol. The van der Waals surface area contributed by atoms with Crippen molar-refractivity contribution in [1.82, 2.24) is 0 Å². The minimum atomic E-state index is 0.838. The van der Waals surface area contributed by atoms with E-state index in [9.17, 15) is 0 Å². The molecule has 0 aliphatic rings. The van der Waals surface area contributed by atoms with Crippen molar-refractivity contribution in [2.45, 2.75) is 0 Å². The highest BCUT2D eigenvalue weighted by Crippen LogP contribution is 2.52. The van der Waals surface area contributed by atoms with Crippen LogP contribution in [-0.2, 0) is 0 Å². The van der Waals surface area contributed by atoms with Crippen LogP contribution >= 0.6 is 0 Å². The molecule has 0 fully saturated rings. The van der Waals surface area contributed by atoms with Gasteiger partial charge in [-0.2, -0.15) is 0 Å². The summed E-state index contributed by atoms with van der Waals surface area (Å²) in [6.45, 7) is 0. The summed E-state index contributed by atoms with van der Waals surface area (Å²) in [7, 11) is 0. The third-order valence-corrected chi connectivity index (χ3v) is 17.4. The summed E-state index contributed by atoms with van der Waals surface area (Å²) in [6.07, 6.45) is 0. The number of benzene rings is 15. The molecule has 0 N–H and O–H groups in total. The van der Waals surface area contributed by atoms with Crippen LogP contribution in [0.5, 0.6) is 0 Å². The molecule has 0 saturated heterocycles. The molecule has 2 heterocycles. The maximum atomic E-state index is 6.64. The van der Waals surface area contributed by atoms with Gasteiger partial charge in [0.15, 0.2) is 0 Å². The fourth-order valence-electron chi connectivity index (χ4n) is 13.6. The Hall–Kier alpha value is -11.5. The van der Waals surface area contributed by atoms with E-state index in [2.05, 4.69) is 313 Å². The van der Waals surface area contributed by atoms with Gasteiger partial charge in [-0.05, 0) is 173 Å². The van der Waals surface area contributed by atoms with Crippen LogP contribution in [0.3, 0.4) is 0 Å². The Kier molecular flexibility index (Phi) is 11.5. The number of hydrogen-bond acceptors (Lipinski definition) is 4. The Morgan fingerprint density at radius 2 is 0.547 bits per heavy atom. The van der Waals surface area contributed by atoms with E-state index >= 15 is 0 Å². The molecule has 0 radical (unpaired) electrons. The second-order valence-corrected chi connectivity index (χ2v) is 22.3. The number of rotatable bonds is 10. The molecular formula is C82H52N2O2. The van der Waals surface area contributed by atoms with Crippen LogP contribution in [-0.4, -0.2) is 0 Å². The first-order chi connectivity index (χ1) is 42.7. The molecule has 2 aromatic heterocycles. The van der Waals surface area contributed by atoms with Crippen molar-refractivity contribution in [3.63, 3.8) is 0 Å². The zero-order valence-electron chi connectivity index (χ0n) is 46.7. The monoisotopic (exact) mass is 1100 g/mol. The summed E-state index contributed by atoms with van der Waals surface area (Å²) in [6, 6.07) is 114. The number of hydrogen-bond donors (Lipinski definition) is 0. The van der Waals surface area contributed by atoms with Gasteiger partial charge >= 0.3 is 0 Å². The van der Waals surface area contributed by atoms with Crippen molar-refractivity contribution in [2.75, 3.05) is 9.80 Å². The largest absolute Gasteiger partial charge is 0.456 e. The summed E-state index contributed by atoms with van der Waals surface area (Å²) >= 11 is 0. The number of nitrogens with zero attached hydrogens (tertiary/aromatic N) is 2. The summed E-state index contributed by atoms with van der Waals surface area (Å²) in [4.78, 5) is 4.86. The summed E-state index contributed by atoms with van der Waals surface area (Å²) in [5, 5.41) is 13.6. The average Bonchev–Trinajstić information content (AvgIpc) is 1.19. The molecule has 86 heavy (non-hydrogen) atoms. The van der Waals surface area contributed by atoms with Crippen molar-refractivity contribution >= 4 is 121 Å². The fourth-order valence-corrected chi connectivity index (χ4v) is 13.6. The predicted octanol–water partition coefficient (Wildman–Crippen LogP) is 23.7. The fraction of sp³-hybridized carbons (Fsp3) is 0. The Morgan fingerprint density at radius 1 is 0.209 bits per heavy atom. The molecule has 4 heteroatoms. The zero-order chi connectivity index (χ0) is 56.7. The van der Waals surface area contributed by atoms with Crippen LogP contribution in [0.4, 0.5) is 34.1 Å². The molecule has 0 aliphatic carbocycles. The van der Waals surface area contributed by atoms with E-state index < -0.39 is 0 Å². The molecule has 0 spiro atoms. The number of furan rings is 2. The van der Waals surface area contributed by atoms with E-state index in [1.165, 1.54) is 32.7 Å². The van der Waals surface area contributed by atoms with Gasteiger partial charge < -0.3 is 18.6 Å². The van der Waals surface area contributed by atoms with Crippen molar-refractivity contribution in [2.24, 2.45) is 0 Å². The van der Waals surface area contributed by atoms with Crippen LogP contribution < -0.4 is 9.80 Å². The molecule has 0 amide bonds. The Morgan fingerprint density at radius 3 is 0.988 bits per heavy atom. The second kappa shape index (κ2) is 20.2. The van der Waals surface area contributed by atoms with Gasteiger partial charge in [-0.3, -0.25) is 0 Å². The molecule has 0 atom stereocenters. The first-order valence-electron chi connectivity index (χ1n) is 29.4. The molecule has 0 saturated carbocycles. The molecule has 0 bridgehead atoms. The van der Waals surface area contributed by atoms with Crippen molar-refractivity contribution < 1.29 is 8.83 Å². The maximum Gasteiger partial charge on any atom is 0.137 e. The predicted molar refractivity (Wildman–Crippen MR) is 362 cm³/mol. The lowest BCUT2D eigenvalue weighted by Crippen LogP contribution is -2.11. The van der Waals surface area contributed by atoms with E-state index in [4.69, 9.17) is 8.83 Å². The second-order valence-electron chi connectivity index (χ2n) is 22.3. The maximum absolute atomic E-state index is 6.64.